The third-order valence-corrected chi connectivity index (χ3v) is 3.27. The van der Waals surface area contributed by atoms with Crippen LogP contribution in [0.4, 0.5) is 4.39 Å². The normalized spacial score (nSPS) is 12.6. The van der Waals surface area contributed by atoms with E-state index in [1.807, 2.05) is 0 Å². The van der Waals surface area contributed by atoms with Crippen LogP contribution >= 0.6 is 27.5 Å². The number of rotatable bonds is 3. The molecule has 1 rings (SSSR count). The SMILES string of the molecule is CC(=O)C(Br)c1cc(F)cc(CCl)c1. The van der Waals surface area contributed by atoms with Gasteiger partial charge in [0.15, 0.2) is 0 Å². The summed E-state index contributed by atoms with van der Waals surface area (Å²) in [5, 5.41) is 0. The molecule has 1 unspecified atom stereocenters. The van der Waals surface area contributed by atoms with Crippen LogP contribution in [-0.4, -0.2) is 5.78 Å². The van der Waals surface area contributed by atoms with Gasteiger partial charge in [-0.2, -0.15) is 0 Å². The quantitative estimate of drug-likeness (QED) is 0.773. The van der Waals surface area contributed by atoms with E-state index in [0.717, 1.165) is 0 Å². The third kappa shape index (κ3) is 2.79. The van der Waals surface area contributed by atoms with Crippen LogP contribution in [-0.2, 0) is 10.7 Å². The van der Waals surface area contributed by atoms with E-state index in [4.69, 9.17) is 11.6 Å². The van der Waals surface area contributed by atoms with Crippen LogP contribution in [0.5, 0.6) is 0 Å². The van der Waals surface area contributed by atoms with Gasteiger partial charge in [0.05, 0.1) is 4.83 Å². The molecule has 1 nitrogen and oxygen atoms in total. The van der Waals surface area contributed by atoms with Gasteiger partial charge in [-0.15, -0.1) is 11.6 Å². The topological polar surface area (TPSA) is 17.1 Å². The van der Waals surface area contributed by atoms with Crippen LogP contribution in [0.25, 0.3) is 0 Å². The molecular formula is C10H9BrClFO. The van der Waals surface area contributed by atoms with Gasteiger partial charge < -0.3 is 0 Å². The highest BCUT2D eigenvalue weighted by atomic mass is 79.9. The monoisotopic (exact) mass is 278 g/mol. The van der Waals surface area contributed by atoms with Gasteiger partial charge in [0.1, 0.15) is 11.6 Å². The molecule has 0 saturated heterocycles. The minimum Gasteiger partial charge on any atom is -0.298 e. The maximum absolute atomic E-state index is 13.0. The van der Waals surface area contributed by atoms with Gasteiger partial charge in [-0.05, 0) is 30.2 Å². The van der Waals surface area contributed by atoms with Crippen molar-refractivity contribution in [1.82, 2.24) is 0 Å². The van der Waals surface area contributed by atoms with E-state index in [0.29, 0.717) is 11.1 Å². The lowest BCUT2D eigenvalue weighted by molar-refractivity contribution is -0.116. The highest BCUT2D eigenvalue weighted by molar-refractivity contribution is 9.09. The van der Waals surface area contributed by atoms with E-state index in [9.17, 15) is 9.18 Å². The van der Waals surface area contributed by atoms with E-state index in [2.05, 4.69) is 15.9 Å². The Balaban J connectivity index is 3.08. The fraction of sp³-hybridized carbons (Fsp3) is 0.300. The number of Topliss-reactive ketones (excluding diaryl/α,β-unsaturated/α-hetero) is 1. The average molecular weight is 280 g/mol. The summed E-state index contributed by atoms with van der Waals surface area (Å²) in [5.74, 6) is -0.192. The van der Waals surface area contributed by atoms with Gasteiger partial charge in [-0.25, -0.2) is 4.39 Å². The highest BCUT2D eigenvalue weighted by Crippen LogP contribution is 2.25. The average Bonchev–Trinajstić information content (AvgIpc) is 2.15. The number of carbonyl (C=O) groups is 1. The van der Waals surface area contributed by atoms with Crippen LogP contribution in [0.1, 0.15) is 22.9 Å². The summed E-state index contributed by atoms with van der Waals surface area (Å²) in [6.45, 7) is 1.45. The van der Waals surface area contributed by atoms with Crippen molar-refractivity contribution in [2.24, 2.45) is 0 Å². The van der Waals surface area contributed by atoms with E-state index < -0.39 is 4.83 Å². The van der Waals surface area contributed by atoms with Crippen molar-refractivity contribution >= 4 is 33.3 Å². The molecule has 0 fully saturated rings. The predicted molar refractivity (Wildman–Crippen MR) is 58.3 cm³/mol. The number of hydrogen-bond donors (Lipinski definition) is 0. The molecule has 1 atom stereocenters. The van der Waals surface area contributed by atoms with E-state index >= 15 is 0 Å². The van der Waals surface area contributed by atoms with Gasteiger partial charge >= 0.3 is 0 Å². The van der Waals surface area contributed by atoms with Crippen molar-refractivity contribution in [3.8, 4) is 0 Å². The van der Waals surface area contributed by atoms with E-state index in [1.54, 1.807) is 6.07 Å². The van der Waals surface area contributed by atoms with Crippen molar-refractivity contribution < 1.29 is 9.18 Å². The first-order valence-electron chi connectivity index (χ1n) is 4.04. The van der Waals surface area contributed by atoms with Gasteiger partial charge in [0, 0.05) is 5.88 Å². The Morgan fingerprint density at radius 3 is 2.71 bits per heavy atom. The van der Waals surface area contributed by atoms with Crippen LogP contribution in [0.2, 0.25) is 0 Å². The lowest BCUT2D eigenvalue weighted by Gasteiger charge is -2.07. The van der Waals surface area contributed by atoms with Crippen LogP contribution < -0.4 is 0 Å². The van der Waals surface area contributed by atoms with Crippen molar-refractivity contribution in [2.45, 2.75) is 17.6 Å². The number of hydrogen-bond acceptors (Lipinski definition) is 1. The molecule has 1 aromatic carbocycles. The molecule has 0 bridgehead atoms. The Kier molecular flexibility index (Phi) is 4.08. The number of benzene rings is 1. The van der Waals surface area contributed by atoms with Gasteiger partial charge in [-0.3, -0.25) is 4.79 Å². The summed E-state index contributed by atoms with van der Waals surface area (Å²) in [6.07, 6.45) is 0. The Morgan fingerprint density at radius 2 is 2.21 bits per heavy atom. The molecule has 0 N–H and O–H groups in total. The lowest BCUT2D eigenvalue weighted by Crippen LogP contribution is -2.02. The molecule has 0 saturated carbocycles. The Hall–Kier alpha value is -0.410. The highest BCUT2D eigenvalue weighted by Gasteiger charge is 2.13. The predicted octanol–water partition coefficient (Wildman–Crippen LogP) is 3.59. The molecule has 0 amide bonds. The van der Waals surface area contributed by atoms with Gasteiger partial charge in [-0.1, -0.05) is 22.0 Å². The number of ketones is 1. The first-order chi connectivity index (χ1) is 6.54. The van der Waals surface area contributed by atoms with E-state index in [1.165, 1.54) is 19.1 Å². The molecule has 0 aromatic heterocycles. The molecule has 76 valence electrons. The summed E-state index contributed by atoms with van der Waals surface area (Å²) in [5.41, 5.74) is 1.28. The van der Waals surface area contributed by atoms with Crippen molar-refractivity contribution in [1.29, 1.82) is 0 Å². The number of carbonyl (C=O) groups excluding carboxylic acids is 1. The zero-order valence-corrected chi connectivity index (χ0v) is 9.90. The smallest absolute Gasteiger partial charge is 0.147 e. The molecule has 0 heterocycles. The third-order valence-electron chi connectivity index (χ3n) is 1.78. The fourth-order valence-corrected chi connectivity index (χ4v) is 1.55. The van der Waals surface area contributed by atoms with Crippen LogP contribution in [0.15, 0.2) is 18.2 Å². The molecule has 0 aliphatic heterocycles. The van der Waals surface area contributed by atoms with E-state index in [-0.39, 0.29) is 17.5 Å². The Morgan fingerprint density at radius 1 is 1.57 bits per heavy atom. The van der Waals surface area contributed by atoms with Crippen LogP contribution in [0.3, 0.4) is 0 Å². The Labute approximate surface area is 95.4 Å². The van der Waals surface area contributed by atoms with Gasteiger partial charge in [0.2, 0.25) is 0 Å². The number of halogens is 3. The van der Waals surface area contributed by atoms with Crippen LogP contribution in [0, 0.1) is 5.82 Å². The second-order valence-electron chi connectivity index (χ2n) is 3.00. The minimum absolute atomic E-state index is 0.0591. The summed E-state index contributed by atoms with van der Waals surface area (Å²) in [4.78, 5) is 10.6. The first kappa shape index (κ1) is 11.7. The summed E-state index contributed by atoms with van der Waals surface area (Å²) in [7, 11) is 0. The summed E-state index contributed by atoms with van der Waals surface area (Å²) in [6, 6.07) is 4.41. The second-order valence-corrected chi connectivity index (χ2v) is 4.18. The summed E-state index contributed by atoms with van der Waals surface area (Å²) >= 11 is 8.78. The molecule has 4 heteroatoms. The minimum atomic E-state index is -0.458. The van der Waals surface area contributed by atoms with Crippen molar-refractivity contribution in [3.05, 3.63) is 35.1 Å². The first-order valence-corrected chi connectivity index (χ1v) is 5.49. The maximum atomic E-state index is 13.0. The van der Waals surface area contributed by atoms with Gasteiger partial charge in [0.25, 0.3) is 0 Å². The zero-order chi connectivity index (χ0) is 10.7. The largest absolute Gasteiger partial charge is 0.298 e. The lowest BCUT2D eigenvalue weighted by atomic mass is 10.1. The molecule has 1 aromatic rings. The maximum Gasteiger partial charge on any atom is 0.147 e. The van der Waals surface area contributed by atoms with Crippen molar-refractivity contribution in [2.75, 3.05) is 0 Å². The molecule has 14 heavy (non-hydrogen) atoms. The standard InChI is InChI=1S/C10H9BrClFO/c1-6(14)10(11)8-2-7(5-12)3-9(13)4-8/h2-4,10H,5H2,1H3. The fourth-order valence-electron chi connectivity index (χ4n) is 1.13. The molecule has 0 spiro atoms. The second kappa shape index (κ2) is 4.89. The van der Waals surface area contributed by atoms with Crippen molar-refractivity contribution in [3.63, 3.8) is 0 Å². The number of alkyl halides is 2. The zero-order valence-electron chi connectivity index (χ0n) is 7.56. The molecule has 0 aliphatic carbocycles. The molecular weight excluding hydrogens is 270 g/mol. The summed E-state index contributed by atoms with van der Waals surface area (Å²) < 4.78 is 13.0. The Bertz CT molecular complexity index is 354. The molecule has 0 aliphatic rings. The molecule has 0 radical (unpaired) electrons.